The number of benzene rings is 1. The van der Waals surface area contributed by atoms with Crippen LogP contribution in [0.1, 0.15) is 45.1 Å². The number of allylic oxidation sites excluding steroid dienone is 2. The van der Waals surface area contributed by atoms with Gasteiger partial charge in [-0.05, 0) is 42.9 Å². The van der Waals surface area contributed by atoms with Gasteiger partial charge >= 0.3 is 12.1 Å². The first-order valence-electron chi connectivity index (χ1n) is 10.2. The van der Waals surface area contributed by atoms with Gasteiger partial charge in [-0.1, -0.05) is 32.1 Å². The minimum absolute atomic E-state index is 0.0241. The number of carbonyl (C=O) groups is 3. The van der Waals surface area contributed by atoms with Crippen LogP contribution >= 0.6 is 0 Å². The van der Waals surface area contributed by atoms with Crippen molar-refractivity contribution in [2.75, 3.05) is 20.4 Å². The van der Waals surface area contributed by atoms with Gasteiger partial charge in [0.25, 0.3) is 0 Å². The van der Waals surface area contributed by atoms with Gasteiger partial charge in [-0.2, -0.15) is 0 Å². The first kappa shape index (κ1) is 26.0. The summed E-state index contributed by atoms with van der Waals surface area (Å²) in [5.74, 6) is 0.128. The normalized spacial score (nSPS) is 10.7. The quantitative estimate of drug-likeness (QED) is 0.188. The molecule has 31 heavy (non-hydrogen) atoms. The molecule has 9 nitrogen and oxygen atoms in total. The molecule has 0 bridgehead atoms. The number of unbranched alkanes of at least 4 members (excludes halogenated alkanes) is 2. The number of carbonyl (C=O) groups excluding carboxylic acids is 3. The molecule has 1 aromatic rings. The summed E-state index contributed by atoms with van der Waals surface area (Å²) in [6.45, 7) is 3.37. The smallest absolute Gasteiger partial charge is 0.415 e. The zero-order valence-corrected chi connectivity index (χ0v) is 18.3. The molecule has 0 aliphatic carbocycles. The highest BCUT2D eigenvalue weighted by atomic mass is 16.6. The van der Waals surface area contributed by atoms with E-state index in [4.69, 9.17) is 14.6 Å². The number of nitrogens with one attached hydrogen (secondary N) is 2. The van der Waals surface area contributed by atoms with Gasteiger partial charge in [0.05, 0.1) is 7.11 Å². The highest BCUT2D eigenvalue weighted by molar-refractivity contribution is 5.76. The molecule has 3 N–H and O–H groups in total. The Morgan fingerprint density at radius 1 is 1.13 bits per heavy atom. The lowest BCUT2D eigenvalue weighted by Crippen LogP contribution is -2.31. The lowest BCUT2D eigenvalue weighted by atomic mass is 10.1. The third kappa shape index (κ3) is 11.6. The fourth-order valence-corrected chi connectivity index (χ4v) is 2.47. The van der Waals surface area contributed by atoms with Gasteiger partial charge in [0, 0.05) is 13.0 Å². The third-order valence-corrected chi connectivity index (χ3v) is 4.04. The number of esters is 1. The Hall–Kier alpha value is -3.07. The van der Waals surface area contributed by atoms with Crippen molar-refractivity contribution in [3.05, 3.63) is 35.9 Å². The first-order valence-corrected chi connectivity index (χ1v) is 10.2. The van der Waals surface area contributed by atoms with Crippen LogP contribution in [0.2, 0.25) is 0 Å². The van der Waals surface area contributed by atoms with Crippen molar-refractivity contribution in [2.24, 2.45) is 5.92 Å². The summed E-state index contributed by atoms with van der Waals surface area (Å²) < 4.78 is 14.9. The minimum atomic E-state index is -0.868. The van der Waals surface area contributed by atoms with Crippen molar-refractivity contribution in [2.45, 2.75) is 46.1 Å². The predicted octanol–water partition coefficient (Wildman–Crippen LogP) is 2.67. The van der Waals surface area contributed by atoms with E-state index < -0.39 is 25.4 Å². The van der Waals surface area contributed by atoms with Crippen molar-refractivity contribution in [1.82, 2.24) is 10.6 Å². The summed E-state index contributed by atoms with van der Waals surface area (Å²) in [5.41, 5.74) is 0.787. The lowest BCUT2D eigenvalue weighted by molar-refractivity contribution is -0.147. The van der Waals surface area contributed by atoms with E-state index in [2.05, 4.69) is 41.4 Å². The Bertz CT molecular complexity index is 747. The van der Waals surface area contributed by atoms with Crippen LogP contribution in [0.15, 0.2) is 30.4 Å². The predicted molar refractivity (Wildman–Crippen MR) is 114 cm³/mol. The van der Waals surface area contributed by atoms with Crippen LogP contribution in [-0.2, 0) is 20.9 Å². The second-order valence-corrected chi connectivity index (χ2v) is 7.06. The van der Waals surface area contributed by atoms with Gasteiger partial charge < -0.3 is 24.6 Å². The third-order valence-electron chi connectivity index (χ3n) is 4.04. The van der Waals surface area contributed by atoms with E-state index in [0.717, 1.165) is 24.8 Å². The molecule has 0 aromatic heterocycles. The molecule has 0 unspecified atom stereocenters. The first-order chi connectivity index (χ1) is 14.8. The molecule has 0 aliphatic rings. The van der Waals surface area contributed by atoms with Crippen LogP contribution in [0.25, 0.3) is 0 Å². The number of rotatable bonds is 13. The number of methoxy groups -OCH3 is 1. The summed E-state index contributed by atoms with van der Waals surface area (Å²) in [6, 6.07) is 4.90. The molecule has 0 radical (unpaired) electrons. The lowest BCUT2D eigenvalue weighted by Gasteiger charge is -2.12. The molecule has 0 fully saturated rings. The summed E-state index contributed by atoms with van der Waals surface area (Å²) in [4.78, 5) is 34.6. The van der Waals surface area contributed by atoms with E-state index in [9.17, 15) is 14.4 Å². The van der Waals surface area contributed by atoms with Gasteiger partial charge in [0.1, 0.15) is 6.61 Å². The molecular weight excluding hydrogens is 404 g/mol. The molecule has 0 aliphatic heterocycles. The Balaban J connectivity index is 2.42. The highest BCUT2D eigenvalue weighted by Crippen LogP contribution is 2.28. The van der Waals surface area contributed by atoms with E-state index >= 15 is 0 Å². The van der Waals surface area contributed by atoms with Gasteiger partial charge in [-0.3, -0.25) is 10.1 Å². The molecular formula is C22H32N2O7. The summed E-state index contributed by atoms with van der Waals surface area (Å²) >= 11 is 0. The summed E-state index contributed by atoms with van der Waals surface area (Å²) in [6.07, 6.45) is 6.70. The molecule has 0 spiro atoms. The van der Waals surface area contributed by atoms with Crippen molar-refractivity contribution in [1.29, 1.82) is 0 Å². The van der Waals surface area contributed by atoms with E-state index in [1.165, 1.54) is 7.11 Å². The zero-order chi connectivity index (χ0) is 23.1. The van der Waals surface area contributed by atoms with Crippen LogP contribution in [-0.4, -0.2) is 43.5 Å². The number of hydrogen-bond acceptors (Lipinski definition) is 7. The molecule has 1 aromatic carbocycles. The van der Waals surface area contributed by atoms with Gasteiger partial charge in [-0.25, -0.2) is 9.59 Å². The maximum absolute atomic E-state index is 12.0. The van der Waals surface area contributed by atoms with Crippen LogP contribution in [0.5, 0.6) is 11.5 Å². The Morgan fingerprint density at radius 3 is 2.58 bits per heavy atom. The van der Waals surface area contributed by atoms with E-state index in [1.54, 1.807) is 18.2 Å². The number of aliphatic hydroxyl groups is 1. The van der Waals surface area contributed by atoms with E-state index in [0.29, 0.717) is 24.6 Å². The topological polar surface area (TPSA) is 123 Å². The Morgan fingerprint density at radius 2 is 1.90 bits per heavy atom. The fraction of sp³-hybridized carbons (Fsp3) is 0.500. The standard InChI is InChI=1S/C22H32N2O7/c1-16(2)8-6-4-5-7-9-20(26)23-13-17-10-11-18(19(12-17)29-3)31-22(28)24-15-30-21(27)14-25/h6,8,10-12,16,25H,4-5,7,9,13-15H2,1-3H3,(H,23,26)(H,24,28)/b8-6+. The maximum atomic E-state index is 12.0. The van der Waals surface area contributed by atoms with E-state index in [-0.39, 0.29) is 11.7 Å². The highest BCUT2D eigenvalue weighted by Gasteiger charge is 2.12. The number of hydrogen-bond donors (Lipinski definition) is 3. The monoisotopic (exact) mass is 436 g/mol. The zero-order valence-electron chi connectivity index (χ0n) is 18.3. The maximum Gasteiger partial charge on any atom is 0.415 e. The minimum Gasteiger partial charge on any atom is -0.493 e. The fourth-order valence-electron chi connectivity index (χ4n) is 2.47. The van der Waals surface area contributed by atoms with Crippen molar-refractivity contribution in [3.63, 3.8) is 0 Å². The van der Waals surface area contributed by atoms with Crippen LogP contribution in [0, 0.1) is 5.92 Å². The number of aliphatic hydroxyl groups excluding tert-OH is 1. The molecule has 0 saturated carbocycles. The average molecular weight is 437 g/mol. The largest absolute Gasteiger partial charge is 0.493 e. The van der Waals surface area contributed by atoms with Crippen molar-refractivity contribution < 1.29 is 33.7 Å². The summed E-state index contributed by atoms with van der Waals surface area (Å²) in [5, 5.41) is 13.6. The molecule has 2 amide bonds. The molecule has 0 saturated heterocycles. The Kier molecular flexibility index (Phi) is 12.4. The summed E-state index contributed by atoms with van der Waals surface area (Å²) in [7, 11) is 1.43. The van der Waals surface area contributed by atoms with Gasteiger partial charge in [0.15, 0.2) is 18.2 Å². The van der Waals surface area contributed by atoms with Crippen molar-refractivity contribution >= 4 is 18.0 Å². The van der Waals surface area contributed by atoms with Crippen LogP contribution in [0.3, 0.4) is 0 Å². The number of ether oxygens (including phenoxy) is 3. The van der Waals surface area contributed by atoms with E-state index in [1.807, 2.05) is 0 Å². The molecule has 0 heterocycles. The molecule has 0 atom stereocenters. The average Bonchev–Trinajstić information content (AvgIpc) is 2.74. The number of amides is 2. The molecule has 1 rings (SSSR count). The second-order valence-electron chi connectivity index (χ2n) is 7.06. The second kappa shape index (κ2) is 14.8. The molecule has 9 heteroatoms. The van der Waals surface area contributed by atoms with Crippen molar-refractivity contribution in [3.8, 4) is 11.5 Å². The van der Waals surface area contributed by atoms with Crippen LogP contribution < -0.4 is 20.1 Å². The SMILES string of the molecule is COc1cc(CNC(=O)CCCC/C=C/C(C)C)ccc1OC(=O)NCOC(=O)CO. The Labute approximate surface area is 182 Å². The van der Waals surface area contributed by atoms with Gasteiger partial charge in [-0.15, -0.1) is 0 Å². The van der Waals surface area contributed by atoms with Crippen LogP contribution in [0.4, 0.5) is 4.79 Å². The molecule has 172 valence electrons. The van der Waals surface area contributed by atoms with Gasteiger partial charge in [0.2, 0.25) is 5.91 Å².